The molecular weight excluding hydrogens is 323 g/mol. The Balaban J connectivity index is 2.14. The van der Waals surface area contributed by atoms with Crippen molar-refractivity contribution in [2.24, 2.45) is 0 Å². The number of ether oxygens (including phenoxy) is 2. The second-order valence-electron chi connectivity index (χ2n) is 4.28. The molecule has 0 aliphatic heterocycles. The Morgan fingerprint density at radius 3 is 2.40 bits per heavy atom. The Kier molecular flexibility index (Phi) is 5.41. The van der Waals surface area contributed by atoms with E-state index in [-0.39, 0.29) is 11.6 Å². The number of hydrogen-bond acceptors (Lipinski definition) is 2. The first-order chi connectivity index (χ1) is 9.74. The van der Waals surface area contributed by atoms with Gasteiger partial charge in [0.15, 0.2) is 11.6 Å². The van der Waals surface area contributed by atoms with E-state index in [1.165, 1.54) is 6.07 Å². The molecule has 0 bridgehead atoms. The van der Waals surface area contributed by atoms with Crippen LogP contribution >= 0.6 is 15.9 Å². The van der Waals surface area contributed by atoms with Crippen molar-refractivity contribution < 1.29 is 13.9 Å². The Labute approximate surface area is 126 Å². The van der Waals surface area contributed by atoms with Gasteiger partial charge < -0.3 is 9.47 Å². The van der Waals surface area contributed by atoms with Crippen LogP contribution in [0.2, 0.25) is 0 Å². The molecule has 0 unspecified atom stereocenters. The summed E-state index contributed by atoms with van der Waals surface area (Å²) in [6.45, 7) is 2.73. The van der Waals surface area contributed by atoms with Crippen molar-refractivity contribution in [3.8, 4) is 17.2 Å². The molecular formula is C16H16BrFO2. The lowest BCUT2D eigenvalue weighted by Gasteiger charge is -2.11. The van der Waals surface area contributed by atoms with Gasteiger partial charge in [-0.25, -0.2) is 4.39 Å². The molecule has 106 valence electrons. The summed E-state index contributed by atoms with van der Waals surface area (Å²) in [5.41, 5.74) is 0.774. The minimum absolute atomic E-state index is 0.256. The highest BCUT2D eigenvalue weighted by atomic mass is 79.9. The number of hydrogen-bond donors (Lipinski definition) is 0. The van der Waals surface area contributed by atoms with E-state index in [4.69, 9.17) is 9.47 Å². The van der Waals surface area contributed by atoms with Crippen molar-refractivity contribution in [1.82, 2.24) is 0 Å². The van der Waals surface area contributed by atoms with E-state index in [2.05, 4.69) is 22.9 Å². The standard InChI is InChI=1S/C16H16BrFO2/c1-2-10-19-13-6-8-14(9-7-13)20-16-12(11-17)4-3-5-15(16)18/h3-9H,2,10-11H2,1H3. The highest BCUT2D eigenvalue weighted by molar-refractivity contribution is 9.08. The highest BCUT2D eigenvalue weighted by Gasteiger charge is 2.10. The monoisotopic (exact) mass is 338 g/mol. The molecule has 2 aromatic rings. The third-order valence-corrected chi connectivity index (χ3v) is 3.31. The van der Waals surface area contributed by atoms with Crippen molar-refractivity contribution in [2.75, 3.05) is 6.61 Å². The maximum absolute atomic E-state index is 13.8. The van der Waals surface area contributed by atoms with Crippen LogP contribution in [0.3, 0.4) is 0 Å². The molecule has 0 amide bonds. The Hall–Kier alpha value is -1.55. The van der Waals surface area contributed by atoms with Gasteiger partial charge in [-0.05, 0) is 36.8 Å². The van der Waals surface area contributed by atoms with Crippen LogP contribution in [0.4, 0.5) is 4.39 Å². The maximum atomic E-state index is 13.8. The molecule has 0 fully saturated rings. The van der Waals surface area contributed by atoms with Gasteiger partial charge >= 0.3 is 0 Å². The highest BCUT2D eigenvalue weighted by Crippen LogP contribution is 2.30. The number of alkyl halides is 1. The molecule has 2 aromatic carbocycles. The van der Waals surface area contributed by atoms with Gasteiger partial charge in [-0.3, -0.25) is 0 Å². The molecule has 4 heteroatoms. The summed E-state index contributed by atoms with van der Waals surface area (Å²) in [5, 5.41) is 0.539. The van der Waals surface area contributed by atoms with Crippen LogP contribution in [0.1, 0.15) is 18.9 Å². The first-order valence-electron chi connectivity index (χ1n) is 6.48. The summed E-state index contributed by atoms with van der Waals surface area (Å²) in [5.74, 6) is 1.26. The van der Waals surface area contributed by atoms with E-state index in [0.29, 0.717) is 17.7 Å². The van der Waals surface area contributed by atoms with Crippen LogP contribution in [-0.4, -0.2) is 6.61 Å². The van der Waals surface area contributed by atoms with Crippen molar-refractivity contribution in [1.29, 1.82) is 0 Å². The lowest BCUT2D eigenvalue weighted by Crippen LogP contribution is -1.95. The SMILES string of the molecule is CCCOc1ccc(Oc2c(F)cccc2CBr)cc1. The van der Waals surface area contributed by atoms with Gasteiger partial charge in [0.25, 0.3) is 0 Å². The second kappa shape index (κ2) is 7.29. The molecule has 0 saturated heterocycles. The number of para-hydroxylation sites is 1. The van der Waals surface area contributed by atoms with Crippen molar-refractivity contribution >= 4 is 15.9 Å². The first-order valence-corrected chi connectivity index (χ1v) is 7.60. The maximum Gasteiger partial charge on any atom is 0.167 e. The molecule has 20 heavy (non-hydrogen) atoms. The van der Waals surface area contributed by atoms with Gasteiger partial charge in [-0.1, -0.05) is 35.0 Å². The zero-order valence-corrected chi connectivity index (χ0v) is 12.8. The Bertz CT molecular complexity index is 555. The van der Waals surface area contributed by atoms with E-state index in [1.807, 2.05) is 18.2 Å². The average molecular weight is 339 g/mol. The van der Waals surface area contributed by atoms with Crippen molar-refractivity contribution in [3.63, 3.8) is 0 Å². The van der Waals surface area contributed by atoms with Gasteiger partial charge in [-0.15, -0.1) is 0 Å². The summed E-state index contributed by atoms with van der Waals surface area (Å²) < 4.78 is 24.9. The summed E-state index contributed by atoms with van der Waals surface area (Å²) in [6.07, 6.45) is 0.960. The lowest BCUT2D eigenvalue weighted by atomic mass is 10.2. The van der Waals surface area contributed by atoms with Gasteiger partial charge in [0.2, 0.25) is 0 Å². The smallest absolute Gasteiger partial charge is 0.167 e. The molecule has 0 saturated carbocycles. The summed E-state index contributed by atoms with van der Waals surface area (Å²) in [7, 11) is 0. The van der Waals surface area contributed by atoms with Crippen LogP contribution < -0.4 is 9.47 Å². The summed E-state index contributed by atoms with van der Waals surface area (Å²) >= 11 is 3.33. The number of benzene rings is 2. The van der Waals surface area contributed by atoms with Crippen LogP contribution in [0.15, 0.2) is 42.5 Å². The van der Waals surface area contributed by atoms with Gasteiger partial charge in [0, 0.05) is 10.9 Å². The molecule has 0 aliphatic rings. The third kappa shape index (κ3) is 3.73. The summed E-state index contributed by atoms with van der Waals surface area (Å²) in [4.78, 5) is 0. The molecule has 2 rings (SSSR count). The number of rotatable bonds is 6. The largest absolute Gasteiger partial charge is 0.494 e. The van der Waals surface area contributed by atoms with Crippen molar-refractivity contribution in [2.45, 2.75) is 18.7 Å². The van der Waals surface area contributed by atoms with Gasteiger partial charge in [0.1, 0.15) is 11.5 Å². The molecule has 0 heterocycles. The van der Waals surface area contributed by atoms with Crippen LogP contribution in [0.5, 0.6) is 17.2 Å². The van der Waals surface area contributed by atoms with Crippen LogP contribution in [-0.2, 0) is 5.33 Å². The van der Waals surface area contributed by atoms with E-state index >= 15 is 0 Å². The molecule has 0 aliphatic carbocycles. The zero-order chi connectivity index (χ0) is 14.4. The van der Waals surface area contributed by atoms with Crippen molar-refractivity contribution in [3.05, 3.63) is 53.8 Å². The quantitative estimate of drug-likeness (QED) is 0.665. The molecule has 0 atom stereocenters. The minimum atomic E-state index is -0.367. The molecule has 0 spiro atoms. The molecule has 2 nitrogen and oxygen atoms in total. The molecule has 0 aromatic heterocycles. The molecule has 0 N–H and O–H groups in total. The minimum Gasteiger partial charge on any atom is -0.494 e. The van der Waals surface area contributed by atoms with Gasteiger partial charge in [0.05, 0.1) is 6.61 Å². The lowest BCUT2D eigenvalue weighted by molar-refractivity contribution is 0.317. The fourth-order valence-corrected chi connectivity index (χ4v) is 2.16. The topological polar surface area (TPSA) is 18.5 Å². The zero-order valence-electron chi connectivity index (χ0n) is 11.2. The van der Waals surface area contributed by atoms with Crippen LogP contribution in [0, 0.1) is 5.82 Å². The Morgan fingerprint density at radius 1 is 1.05 bits per heavy atom. The van der Waals surface area contributed by atoms with E-state index < -0.39 is 0 Å². The van der Waals surface area contributed by atoms with Gasteiger partial charge in [-0.2, -0.15) is 0 Å². The van der Waals surface area contributed by atoms with E-state index in [0.717, 1.165) is 17.7 Å². The van der Waals surface area contributed by atoms with Crippen LogP contribution in [0.25, 0.3) is 0 Å². The molecule has 0 radical (unpaired) electrons. The fourth-order valence-electron chi connectivity index (χ4n) is 1.71. The third-order valence-electron chi connectivity index (χ3n) is 2.71. The predicted octanol–water partition coefficient (Wildman–Crippen LogP) is 5.30. The second-order valence-corrected chi connectivity index (χ2v) is 4.84. The van der Waals surface area contributed by atoms with E-state index in [9.17, 15) is 4.39 Å². The normalized spacial score (nSPS) is 10.3. The van der Waals surface area contributed by atoms with E-state index in [1.54, 1.807) is 18.2 Å². The predicted molar refractivity (Wildman–Crippen MR) is 81.3 cm³/mol. The Morgan fingerprint density at radius 2 is 1.75 bits per heavy atom. The number of halogens is 2. The fraction of sp³-hybridized carbons (Fsp3) is 0.250. The summed E-state index contributed by atoms with van der Waals surface area (Å²) in [6, 6.07) is 12.1. The first kappa shape index (κ1) is 14.9. The average Bonchev–Trinajstić information content (AvgIpc) is 2.48.